The molecule has 0 unspecified atom stereocenters. The van der Waals surface area contributed by atoms with Crippen molar-refractivity contribution >= 4 is 11.6 Å². The van der Waals surface area contributed by atoms with Crippen molar-refractivity contribution in [3.05, 3.63) is 36.3 Å². The molecule has 2 aliphatic rings. The predicted molar refractivity (Wildman–Crippen MR) is 103 cm³/mol. The van der Waals surface area contributed by atoms with E-state index in [0.717, 1.165) is 37.8 Å². The first-order valence-electron chi connectivity index (χ1n) is 9.50. The number of piperidine rings is 1. The van der Waals surface area contributed by atoms with Gasteiger partial charge in [0.05, 0.1) is 12.8 Å². The van der Waals surface area contributed by atoms with Crippen molar-refractivity contribution in [2.45, 2.75) is 19.3 Å². The largest absolute Gasteiger partial charge is 0.480 e. The topological polar surface area (TPSA) is 78.2 Å². The fourth-order valence-corrected chi connectivity index (χ4v) is 4.37. The van der Waals surface area contributed by atoms with E-state index in [4.69, 9.17) is 4.74 Å². The van der Waals surface area contributed by atoms with Gasteiger partial charge in [0.15, 0.2) is 0 Å². The average Bonchev–Trinajstić information content (AvgIpc) is 3.24. The smallest absolute Gasteiger partial charge is 0.233 e. The van der Waals surface area contributed by atoms with Gasteiger partial charge in [-0.15, -0.1) is 0 Å². The molecule has 1 atom stereocenters. The van der Waals surface area contributed by atoms with Crippen molar-refractivity contribution in [3.8, 4) is 11.9 Å². The molecule has 2 aromatic heterocycles. The Balaban J connectivity index is 1.39. The van der Waals surface area contributed by atoms with Crippen LogP contribution in [0.25, 0.3) is 0 Å². The van der Waals surface area contributed by atoms with Gasteiger partial charge in [0.2, 0.25) is 11.8 Å². The highest BCUT2D eigenvalue weighted by Gasteiger charge is 2.33. The molecule has 0 aliphatic carbocycles. The molecular formula is C20H24N6O. The van der Waals surface area contributed by atoms with Crippen LogP contribution >= 0.6 is 0 Å². The molecule has 140 valence electrons. The van der Waals surface area contributed by atoms with Crippen LogP contribution in [0.1, 0.15) is 24.8 Å². The van der Waals surface area contributed by atoms with Crippen molar-refractivity contribution in [2.24, 2.45) is 11.8 Å². The Morgan fingerprint density at radius 1 is 1.00 bits per heavy atom. The predicted octanol–water partition coefficient (Wildman–Crippen LogP) is 2.49. The third-order valence-corrected chi connectivity index (χ3v) is 5.81. The molecule has 0 saturated carbocycles. The van der Waals surface area contributed by atoms with Gasteiger partial charge in [0.1, 0.15) is 11.6 Å². The summed E-state index contributed by atoms with van der Waals surface area (Å²) in [6.45, 7) is 4.00. The average molecular weight is 364 g/mol. The molecule has 7 heteroatoms. The monoisotopic (exact) mass is 364 g/mol. The first-order chi connectivity index (χ1) is 13.3. The number of ether oxygens (including phenoxy) is 1. The van der Waals surface area contributed by atoms with Crippen LogP contribution in [0.5, 0.6) is 5.88 Å². The van der Waals surface area contributed by atoms with Crippen LogP contribution in [0.3, 0.4) is 0 Å². The molecule has 0 N–H and O–H groups in total. The summed E-state index contributed by atoms with van der Waals surface area (Å²) in [6, 6.07) is 6.04. The van der Waals surface area contributed by atoms with Crippen LogP contribution in [0.2, 0.25) is 0 Å². The number of methoxy groups -OCH3 is 1. The maximum Gasteiger partial charge on any atom is 0.233 e. The lowest BCUT2D eigenvalue weighted by atomic mass is 9.84. The maximum absolute atomic E-state index is 9.53. The highest BCUT2D eigenvalue weighted by Crippen LogP contribution is 2.36. The zero-order valence-corrected chi connectivity index (χ0v) is 15.6. The van der Waals surface area contributed by atoms with Gasteiger partial charge in [-0.1, -0.05) is 0 Å². The molecule has 4 rings (SSSR count). The number of nitrogens with zero attached hydrogens (tertiary/aromatic N) is 6. The summed E-state index contributed by atoms with van der Waals surface area (Å²) < 4.78 is 5.26. The fraction of sp³-hybridized carbons (Fsp3) is 0.500. The summed E-state index contributed by atoms with van der Waals surface area (Å²) in [4.78, 5) is 17.5. The third kappa shape index (κ3) is 3.52. The lowest BCUT2D eigenvalue weighted by molar-refractivity contribution is 0.293. The second-order valence-electron chi connectivity index (χ2n) is 7.19. The van der Waals surface area contributed by atoms with Gasteiger partial charge in [0.25, 0.3) is 0 Å². The quantitative estimate of drug-likeness (QED) is 0.825. The highest BCUT2D eigenvalue weighted by atomic mass is 16.5. The van der Waals surface area contributed by atoms with E-state index < -0.39 is 0 Å². The first-order valence-corrected chi connectivity index (χ1v) is 9.50. The van der Waals surface area contributed by atoms with Crippen LogP contribution in [0.4, 0.5) is 11.6 Å². The molecule has 2 aromatic rings. The Morgan fingerprint density at radius 2 is 1.70 bits per heavy atom. The molecule has 2 saturated heterocycles. The zero-order valence-electron chi connectivity index (χ0n) is 15.6. The molecule has 7 nitrogen and oxygen atoms in total. The van der Waals surface area contributed by atoms with E-state index in [1.807, 2.05) is 12.1 Å². The molecule has 0 bridgehead atoms. The summed E-state index contributed by atoms with van der Waals surface area (Å²) in [7, 11) is 1.56. The van der Waals surface area contributed by atoms with Crippen molar-refractivity contribution in [3.63, 3.8) is 0 Å². The Hall–Kier alpha value is -2.88. The third-order valence-electron chi connectivity index (χ3n) is 5.81. The SMILES string of the molecule is COc1nccc(N2CC[C@H](C3CCN(c4ncccn4)CC3)C2)c1C#N. The number of hydrogen-bond acceptors (Lipinski definition) is 7. The van der Waals surface area contributed by atoms with E-state index >= 15 is 0 Å². The zero-order chi connectivity index (χ0) is 18.6. The van der Waals surface area contributed by atoms with Crippen LogP contribution in [0, 0.1) is 23.2 Å². The Bertz CT molecular complexity index is 813. The fourth-order valence-electron chi connectivity index (χ4n) is 4.37. The van der Waals surface area contributed by atoms with Crippen molar-refractivity contribution < 1.29 is 4.74 Å². The standard InChI is InChI=1S/C20H24N6O/c1-27-19-17(13-21)18(3-9-22-19)26-12-6-16(14-26)15-4-10-25(11-5-15)20-23-7-2-8-24-20/h2-3,7-9,15-16H,4-6,10-12,14H2,1H3/t16-/m0/s1. The normalized spacial score (nSPS) is 20.5. The van der Waals surface area contributed by atoms with Crippen molar-refractivity contribution in [2.75, 3.05) is 43.1 Å². The van der Waals surface area contributed by atoms with Crippen LogP contribution in [-0.4, -0.2) is 48.2 Å². The second-order valence-corrected chi connectivity index (χ2v) is 7.19. The second kappa shape index (κ2) is 7.78. The molecule has 2 fully saturated rings. The number of rotatable bonds is 4. The van der Waals surface area contributed by atoms with Crippen LogP contribution in [-0.2, 0) is 0 Å². The summed E-state index contributed by atoms with van der Waals surface area (Å²) in [6.07, 6.45) is 8.84. The summed E-state index contributed by atoms with van der Waals surface area (Å²) in [5.74, 6) is 2.62. The number of anilines is 2. The van der Waals surface area contributed by atoms with E-state index in [1.54, 1.807) is 25.7 Å². The van der Waals surface area contributed by atoms with Crippen LogP contribution in [0.15, 0.2) is 30.7 Å². The van der Waals surface area contributed by atoms with Gasteiger partial charge in [-0.2, -0.15) is 5.26 Å². The Labute approximate surface area is 159 Å². The van der Waals surface area contributed by atoms with E-state index in [9.17, 15) is 5.26 Å². The van der Waals surface area contributed by atoms with Crippen molar-refractivity contribution in [1.29, 1.82) is 5.26 Å². The lowest BCUT2D eigenvalue weighted by Gasteiger charge is -2.34. The summed E-state index contributed by atoms with van der Waals surface area (Å²) in [5, 5.41) is 9.53. The van der Waals surface area contributed by atoms with Gasteiger partial charge < -0.3 is 14.5 Å². The maximum atomic E-state index is 9.53. The van der Waals surface area contributed by atoms with E-state index in [1.165, 1.54) is 19.3 Å². The van der Waals surface area contributed by atoms with E-state index in [-0.39, 0.29) is 0 Å². The molecule has 4 heterocycles. The molecule has 27 heavy (non-hydrogen) atoms. The lowest BCUT2D eigenvalue weighted by Crippen LogP contribution is -2.37. The minimum atomic E-state index is 0.412. The van der Waals surface area contributed by atoms with Gasteiger partial charge in [-0.05, 0) is 43.2 Å². The Morgan fingerprint density at radius 3 is 2.41 bits per heavy atom. The van der Waals surface area contributed by atoms with Crippen LogP contribution < -0.4 is 14.5 Å². The molecule has 0 spiro atoms. The van der Waals surface area contributed by atoms with Gasteiger partial charge in [-0.3, -0.25) is 0 Å². The molecule has 0 radical (unpaired) electrons. The Kier molecular flexibility index (Phi) is 5.05. The van der Waals surface area contributed by atoms with Gasteiger partial charge in [-0.25, -0.2) is 15.0 Å². The number of pyridine rings is 1. The van der Waals surface area contributed by atoms with E-state index in [2.05, 4.69) is 30.8 Å². The van der Waals surface area contributed by atoms with Crippen molar-refractivity contribution in [1.82, 2.24) is 15.0 Å². The molecular weight excluding hydrogens is 340 g/mol. The number of aromatic nitrogens is 3. The van der Waals surface area contributed by atoms with E-state index in [0.29, 0.717) is 23.3 Å². The highest BCUT2D eigenvalue weighted by molar-refractivity contribution is 5.63. The molecule has 0 aromatic carbocycles. The molecule has 0 amide bonds. The number of hydrogen-bond donors (Lipinski definition) is 0. The first kappa shape index (κ1) is 17.5. The molecule has 2 aliphatic heterocycles. The van der Waals surface area contributed by atoms with Gasteiger partial charge in [0, 0.05) is 44.8 Å². The summed E-state index contributed by atoms with van der Waals surface area (Å²) in [5.41, 5.74) is 1.48. The summed E-state index contributed by atoms with van der Waals surface area (Å²) >= 11 is 0. The minimum absolute atomic E-state index is 0.412. The number of nitriles is 1. The van der Waals surface area contributed by atoms with Gasteiger partial charge >= 0.3 is 0 Å². The minimum Gasteiger partial charge on any atom is -0.480 e.